The number of rotatable bonds is 5. The minimum atomic E-state index is 0. The van der Waals surface area contributed by atoms with Crippen LogP contribution in [0.1, 0.15) is 25.7 Å². The molecule has 0 saturated heterocycles. The molecule has 0 aromatic rings. The van der Waals surface area contributed by atoms with E-state index in [9.17, 15) is 4.79 Å². The van der Waals surface area contributed by atoms with Gasteiger partial charge in [0.2, 0.25) is 5.91 Å². The second-order valence-electron chi connectivity index (χ2n) is 6.05. The van der Waals surface area contributed by atoms with E-state index in [1.807, 2.05) is 0 Å². The molecule has 2 aliphatic carbocycles. The van der Waals surface area contributed by atoms with Crippen LogP contribution in [0.5, 0.6) is 0 Å². The summed E-state index contributed by atoms with van der Waals surface area (Å²) in [4.78, 5) is 17.6. The Morgan fingerprint density at radius 1 is 1.38 bits per heavy atom. The molecular formula is C15H27IN4O. The van der Waals surface area contributed by atoms with Crippen LogP contribution in [0, 0.1) is 11.8 Å². The Morgan fingerprint density at radius 2 is 2.14 bits per heavy atom. The molecule has 0 heterocycles. The monoisotopic (exact) mass is 406 g/mol. The van der Waals surface area contributed by atoms with Crippen molar-refractivity contribution in [1.82, 2.24) is 15.5 Å². The summed E-state index contributed by atoms with van der Waals surface area (Å²) < 4.78 is 0. The summed E-state index contributed by atoms with van der Waals surface area (Å²) in [5, 5.41) is 6.70. The van der Waals surface area contributed by atoms with Crippen molar-refractivity contribution in [3.05, 3.63) is 12.7 Å². The zero-order valence-corrected chi connectivity index (χ0v) is 15.3. The van der Waals surface area contributed by atoms with Crippen molar-refractivity contribution in [1.29, 1.82) is 0 Å². The van der Waals surface area contributed by atoms with Crippen LogP contribution in [0.4, 0.5) is 0 Å². The quantitative estimate of drug-likeness (QED) is 0.316. The number of hydrogen-bond acceptors (Lipinski definition) is 2. The molecule has 2 N–H and O–H groups in total. The van der Waals surface area contributed by atoms with Gasteiger partial charge in [-0.1, -0.05) is 12.5 Å². The van der Waals surface area contributed by atoms with Crippen LogP contribution >= 0.6 is 24.0 Å². The summed E-state index contributed by atoms with van der Waals surface area (Å²) in [5.74, 6) is 2.41. The fraction of sp³-hybridized carbons (Fsp3) is 0.733. The smallest absolute Gasteiger partial charge is 0.243 e. The molecule has 3 unspecified atom stereocenters. The van der Waals surface area contributed by atoms with Gasteiger partial charge in [0, 0.05) is 26.7 Å². The minimum absolute atomic E-state index is 0. The molecule has 2 fully saturated rings. The van der Waals surface area contributed by atoms with Gasteiger partial charge >= 0.3 is 0 Å². The van der Waals surface area contributed by atoms with Gasteiger partial charge in [0.05, 0.1) is 0 Å². The maximum Gasteiger partial charge on any atom is 0.243 e. The molecule has 0 spiro atoms. The molecule has 6 heteroatoms. The molecule has 2 bridgehead atoms. The highest BCUT2D eigenvalue weighted by Crippen LogP contribution is 2.44. The lowest BCUT2D eigenvalue weighted by molar-refractivity contribution is -0.127. The highest BCUT2D eigenvalue weighted by atomic mass is 127. The zero-order chi connectivity index (χ0) is 14.5. The number of guanidine groups is 1. The van der Waals surface area contributed by atoms with Gasteiger partial charge in [-0.3, -0.25) is 4.79 Å². The van der Waals surface area contributed by atoms with Gasteiger partial charge in [-0.05, 0) is 31.1 Å². The number of carbonyl (C=O) groups excluding carboxylic acids is 1. The zero-order valence-electron chi connectivity index (χ0n) is 13.0. The number of nitrogens with one attached hydrogen (secondary N) is 2. The predicted molar refractivity (Wildman–Crippen MR) is 97.0 cm³/mol. The third-order valence-electron chi connectivity index (χ3n) is 4.35. The number of hydrogen-bond donors (Lipinski definition) is 2. The van der Waals surface area contributed by atoms with Crippen molar-refractivity contribution in [3.63, 3.8) is 0 Å². The Morgan fingerprint density at radius 3 is 2.67 bits per heavy atom. The van der Waals surface area contributed by atoms with Crippen molar-refractivity contribution in [2.24, 2.45) is 16.8 Å². The molecule has 0 radical (unpaired) electrons. The second kappa shape index (κ2) is 8.60. The van der Waals surface area contributed by atoms with E-state index in [2.05, 4.69) is 22.2 Å². The maximum absolute atomic E-state index is 11.6. The van der Waals surface area contributed by atoms with Crippen LogP contribution in [0.3, 0.4) is 0 Å². The van der Waals surface area contributed by atoms with Gasteiger partial charge in [0.15, 0.2) is 5.96 Å². The van der Waals surface area contributed by atoms with Gasteiger partial charge in [-0.15, -0.1) is 30.6 Å². The normalized spacial score (nSPS) is 27.0. The largest absolute Gasteiger partial charge is 0.353 e. The van der Waals surface area contributed by atoms with Crippen LogP contribution in [-0.4, -0.2) is 50.0 Å². The van der Waals surface area contributed by atoms with Crippen LogP contribution in [-0.2, 0) is 4.79 Å². The average molecular weight is 406 g/mol. The molecule has 1 amide bonds. The molecule has 21 heavy (non-hydrogen) atoms. The first kappa shape index (κ1) is 18.3. The highest BCUT2D eigenvalue weighted by Gasteiger charge is 2.39. The Balaban J connectivity index is 0.00000220. The summed E-state index contributed by atoms with van der Waals surface area (Å²) in [7, 11) is 3.50. The van der Waals surface area contributed by atoms with Crippen molar-refractivity contribution >= 4 is 35.8 Å². The van der Waals surface area contributed by atoms with Crippen molar-refractivity contribution in [2.75, 3.05) is 27.2 Å². The van der Waals surface area contributed by atoms with E-state index in [4.69, 9.17) is 0 Å². The highest BCUT2D eigenvalue weighted by molar-refractivity contribution is 14.0. The van der Waals surface area contributed by atoms with E-state index in [0.29, 0.717) is 12.6 Å². The van der Waals surface area contributed by atoms with Crippen LogP contribution in [0.2, 0.25) is 0 Å². The van der Waals surface area contributed by atoms with Gasteiger partial charge in [0.25, 0.3) is 0 Å². The number of aliphatic imine (C=N–C) groups is 1. The molecule has 2 rings (SSSR count). The molecule has 3 atom stereocenters. The lowest BCUT2D eigenvalue weighted by atomic mass is 9.95. The number of halogens is 1. The van der Waals surface area contributed by atoms with Crippen molar-refractivity contribution < 1.29 is 4.79 Å². The summed E-state index contributed by atoms with van der Waals surface area (Å²) in [5.41, 5.74) is 0. The van der Waals surface area contributed by atoms with E-state index in [-0.39, 0.29) is 36.4 Å². The first-order chi connectivity index (χ1) is 9.60. The number of fused-ring (bicyclic) bond motifs is 2. The fourth-order valence-corrected chi connectivity index (χ4v) is 3.21. The summed E-state index contributed by atoms with van der Waals surface area (Å²) >= 11 is 0. The third kappa shape index (κ3) is 5.16. The van der Waals surface area contributed by atoms with E-state index in [1.54, 1.807) is 25.1 Å². The van der Waals surface area contributed by atoms with E-state index < -0.39 is 0 Å². The Kier molecular flexibility index (Phi) is 7.48. The molecule has 5 nitrogen and oxygen atoms in total. The Bertz CT molecular complexity index is 397. The van der Waals surface area contributed by atoms with Gasteiger partial charge in [-0.2, -0.15) is 0 Å². The maximum atomic E-state index is 11.6. The molecule has 2 aliphatic rings. The predicted octanol–water partition coefficient (Wildman–Crippen LogP) is 1.60. The van der Waals surface area contributed by atoms with E-state index in [1.165, 1.54) is 25.7 Å². The van der Waals surface area contributed by atoms with Gasteiger partial charge in [-0.25, -0.2) is 4.99 Å². The molecule has 0 aromatic carbocycles. The fourth-order valence-electron chi connectivity index (χ4n) is 3.21. The number of amides is 1. The lowest BCUT2D eigenvalue weighted by Gasteiger charge is -2.25. The van der Waals surface area contributed by atoms with Crippen LogP contribution in [0.15, 0.2) is 17.6 Å². The molecule has 0 aliphatic heterocycles. The minimum Gasteiger partial charge on any atom is -0.353 e. The Hall–Kier alpha value is -0.790. The summed E-state index contributed by atoms with van der Waals surface area (Å²) in [6.07, 6.45) is 7.10. The van der Waals surface area contributed by atoms with Gasteiger partial charge < -0.3 is 15.5 Å². The summed E-state index contributed by atoms with van der Waals surface area (Å²) in [6, 6.07) is 0.513. The van der Waals surface area contributed by atoms with Crippen LogP contribution in [0.25, 0.3) is 0 Å². The molecule has 120 valence electrons. The number of nitrogens with zero attached hydrogens (tertiary/aromatic N) is 2. The van der Waals surface area contributed by atoms with Crippen molar-refractivity contribution in [2.45, 2.75) is 31.7 Å². The van der Waals surface area contributed by atoms with Crippen molar-refractivity contribution in [3.8, 4) is 0 Å². The molecular weight excluding hydrogens is 379 g/mol. The first-order valence-electron chi connectivity index (χ1n) is 7.46. The van der Waals surface area contributed by atoms with E-state index in [0.717, 1.165) is 17.8 Å². The third-order valence-corrected chi connectivity index (χ3v) is 4.35. The molecule has 0 aromatic heterocycles. The number of carbonyl (C=O) groups is 1. The molecule has 2 saturated carbocycles. The second-order valence-corrected chi connectivity index (χ2v) is 6.05. The topological polar surface area (TPSA) is 56.7 Å². The summed E-state index contributed by atoms with van der Waals surface area (Å²) in [6.45, 7) is 4.54. The lowest BCUT2D eigenvalue weighted by Crippen LogP contribution is -2.46. The Labute approximate surface area is 144 Å². The SMILES string of the molecule is C=CCNC(=NCC(=O)N(C)C)NC1CC2CCC1C2.I. The first-order valence-corrected chi connectivity index (χ1v) is 7.46. The standard InChI is InChI=1S/C15H26N4O.HI/c1-4-7-16-15(17-10-14(20)19(2)3)18-13-9-11-5-6-12(13)8-11;/h4,11-13H,1,5-10H2,2-3H3,(H2,16,17,18);1H. The number of likely N-dealkylation sites (N-methyl/N-ethyl adjacent to an activating group) is 1. The van der Waals surface area contributed by atoms with Gasteiger partial charge in [0.1, 0.15) is 6.54 Å². The van der Waals surface area contributed by atoms with Crippen LogP contribution < -0.4 is 10.6 Å². The van der Waals surface area contributed by atoms with E-state index >= 15 is 0 Å². The average Bonchev–Trinajstić information content (AvgIpc) is 3.03.